The third-order valence-electron chi connectivity index (χ3n) is 4.42. The summed E-state index contributed by atoms with van der Waals surface area (Å²) in [5.41, 5.74) is 0.952. The highest BCUT2D eigenvalue weighted by Gasteiger charge is 2.33. The summed E-state index contributed by atoms with van der Waals surface area (Å²) >= 11 is 0. The summed E-state index contributed by atoms with van der Waals surface area (Å²) in [6.45, 7) is 6.33. The van der Waals surface area contributed by atoms with Crippen molar-refractivity contribution < 1.29 is 9.67 Å². The van der Waals surface area contributed by atoms with Crippen LogP contribution in [0.4, 0.5) is 0 Å². The number of rotatable bonds is 3. The Bertz CT molecular complexity index is 866. The van der Waals surface area contributed by atoms with Gasteiger partial charge in [-0.15, -0.1) is 0 Å². The van der Waals surface area contributed by atoms with Crippen LogP contribution in [0.1, 0.15) is 26.3 Å². The molecular formula is C22H23O2P. The molecule has 0 unspecified atom stereocenters. The van der Waals surface area contributed by atoms with Gasteiger partial charge in [0.2, 0.25) is 0 Å². The van der Waals surface area contributed by atoms with E-state index in [-0.39, 0.29) is 11.2 Å². The first-order chi connectivity index (χ1) is 11.8. The quantitative estimate of drug-likeness (QED) is 0.714. The van der Waals surface area contributed by atoms with Crippen molar-refractivity contribution in [1.29, 1.82) is 0 Å². The third kappa shape index (κ3) is 3.27. The fraction of sp³-hybridized carbons (Fsp3) is 0.182. The fourth-order valence-electron chi connectivity index (χ4n) is 2.95. The molecule has 0 spiro atoms. The maximum atomic E-state index is 14.4. The van der Waals surface area contributed by atoms with Gasteiger partial charge in [0.05, 0.1) is 5.30 Å². The van der Waals surface area contributed by atoms with E-state index in [4.69, 9.17) is 0 Å². The minimum atomic E-state index is -3.16. The molecule has 0 radical (unpaired) electrons. The van der Waals surface area contributed by atoms with Crippen LogP contribution in [-0.2, 0) is 9.98 Å². The first-order valence-electron chi connectivity index (χ1n) is 8.39. The summed E-state index contributed by atoms with van der Waals surface area (Å²) in [5.74, 6) is 0.0732. The highest BCUT2D eigenvalue weighted by molar-refractivity contribution is 7.85. The largest absolute Gasteiger partial charge is 0.507 e. The Morgan fingerprint density at radius 2 is 1.24 bits per heavy atom. The van der Waals surface area contributed by atoms with Crippen molar-refractivity contribution in [3.63, 3.8) is 0 Å². The van der Waals surface area contributed by atoms with Crippen LogP contribution in [-0.4, -0.2) is 5.11 Å². The first kappa shape index (κ1) is 17.5. The Kier molecular flexibility index (Phi) is 4.58. The predicted molar refractivity (Wildman–Crippen MR) is 106 cm³/mol. The van der Waals surface area contributed by atoms with Gasteiger partial charge in [-0.3, -0.25) is 0 Å². The molecule has 0 bridgehead atoms. The standard InChI is InChI=1S/C22H23O2P/c1-22(2,3)17-14-15-20(23)21(16-17)25(24,18-10-6-4-7-11-18)19-12-8-5-9-13-19/h4-16,23H,1-3H3. The van der Waals surface area contributed by atoms with E-state index in [1.807, 2.05) is 72.8 Å². The molecule has 128 valence electrons. The van der Waals surface area contributed by atoms with Gasteiger partial charge in [0.15, 0.2) is 7.14 Å². The summed E-state index contributed by atoms with van der Waals surface area (Å²) in [6.07, 6.45) is 0. The zero-order valence-corrected chi connectivity index (χ0v) is 15.7. The molecule has 3 aromatic carbocycles. The average molecular weight is 350 g/mol. The Hall–Kier alpha value is -2.31. The highest BCUT2D eigenvalue weighted by Crippen LogP contribution is 2.45. The molecule has 2 nitrogen and oxygen atoms in total. The van der Waals surface area contributed by atoms with Crippen molar-refractivity contribution in [2.45, 2.75) is 26.2 Å². The Labute approximate surface area is 149 Å². The van der Waals surface area contributed by atoms with Gasteiger partial charge in [0, 0.05) is 10.6 Å². The van der Waals surface area contributed by atoms with E-state index in [1.165, 1.54) is 0 Å². The molecule has 0 aromatic heterocycles. The molecule has 1 N–H and O–H groups in total. The molecule has 0 heterocycles. The van der Waals surface area contributed by atoms with Gasteiger partial charge in [0.1, 0.15) is 5.75 Å². The average Bonchev–Trinajstić information content (AvgIpc) is 2.62. The summed E-state index contributed by atoms with van der Waals surface area (Å²) in [4.78, 5) is 0. The van der Waals surface area contributed by atoms with Gasteiger partial charge in [-0.1, -0.05) is 87.5 Å². The second-order valence-corrected chi connectivity index (χ2v) is 9.97. The topological polar surface area (TPSA) is 37.3 Å². The van der Waals surface area contributed by atoms with E-state index in [9.17, 15) is 9.67 Å². The molecule has 3 heteroatoms. The molecule has 0 aliphatic heterocycles. The van der Waals surface area contributed by atoms with Crippen LogP contribution in [0.5, 0.6) is 5.75 Å². The molecule has 0 amide bonds. The van der Waals surface area contributed by atoms with Gasteiger partial charge in [0.25, 0.3) is 0 Å². The summed E-state index contributed by atoms with van der Waals surface area (Å²) in [6, 6.07) is 24.3. The number of aromatic hydroxyl groups is 1. The van der Waals surface area contributed by atoms with Crippen LogP contribution < -0.4 is 15.9 Å². The zero-order valence-electron chi connectivity index (χ0n) is 14.8. The summed E-state index contributed by atoms with van der Waals surface area (Å²) in [7, 11) is -3.16. The van der Waals surface area contributed by atoms with E-state index in [0.717, 1.165) is 16.2 Å². The molecular weight excluding hydrogens is 327 g/mol. The Morgan fingerprint density at radius 1 is 0.760 bits per heavy atom. The van der Waals surface area contributed by atoms with Crippen LogP contribution >= 0.6 is 7.14 Å². The molecule has 0 saturated heterocycles. The van der Waals surface area contributed by atoms with Crippen LogP contribution in [0.15, 0.2) is 78.9 Å². The SMILES string of the molecule is CC(C)(C)c1ccc(O)c(P(=O)(c2ccccc2)c2ccccc2)c1. The van der Waals surface area contributed by atoms with Gasteiger partial charge in [-0.2, -0.15) is 0 Å². The van der Waals surface area contributed by atoms with Crippen LogP contribution in [0.25, 0.3) is 0 Å². The maximum Gasteiger partial charge on any atom is 0.174 e. The number of phenols is 1. The van der Waals surface area contributed by atoms with Gasteiger partial charge >= 0.3 is 0 Å². The number of phenolic OH excluding ortho intramolecular Hbond substituents is 1. The van der Waals surface area contributed by atoms with Crippen molar-refractivity contribution in [3.05, 3.63) is 84.4 Å². The lowest BCUT2D eigenvalue weighted by molar-refractivity contribution is 0.478. The van der Waals surface area contributed by atoms with E-state index < -0.39 is 7.14 Å². The van der Waals surface area contributed by atoms with Crippen molar-refractivity contribution in [2.75, 3.05) is 0 Å². The van der Waals surface area contributed by atoms with Gasteiger partial charge in [-0.05, 0) is 23.1 Å². The molecule has 3 aromatic rings. The predicted octanol–water partition coefficient (Wildman–Crippen LogP) is 4.33. The van der Waals surface area contributed by atoms with Gasteiger partial charge < -0.3 is 9.67 Å². The van der Waals surface area contributed by atoms with Gasteiger partial charge in [-0.25, -0.2) is 0 Å². The molecule has 0 fully saturated rings. The number of hydrogen-bond acceptors (Lipinski definition) is 2. The molecule has 0 aliphatic rings. The fourth-order valence-corrected chi connectivity index (χ4v) is 5.70. The third-order valence-corrected chi connectivity index (χ3v) is 7.51. The lowest BCUT2D eigenvalue weighted by Gasteiger charge is -2.25. The smallest absolute Gasteiger partial charge is 0.174 e. The molecule has 0 atom stereocenters. The van der Waals surface area contributed by atoms with Crippen molar-refractivity contribution in [3.8, 4) is 5.75 Å². The zero-order chi connectivity index (χ0) is 18.1. The number of benzene rings is 3. The summed E-state index contributed by atoms with van der Waals surface area (Å²) in [5, 5.41) is 12.5. The maximum absolute atomic E-state index is 14.4. The van der Waals surface area contributed by atoms with E-state index >= 15 is 0 Å². The normalized spacial score (nSPS) is 12.1. The van der Waals surface area contributed by atoms with Crippen molar-refractivity contribution in [2.24, 2.45) is 0 Å². The van der Waals surface area contributed by atoms with Crippen LogP contribution in [0.3, 0.4) is 0 Å². The van der Waals surface area contributed by atoms with E-state index in [0.29, 0.717) is 5.30 Å². The monoisotopic (exact) mass is 350 g/mol. The van der Waals surface area contributed by atoms with Crippen molar-refractivity contribution >= 4 is 23.1 Å². The Balaban J connectivity index is 2.33. The molecule has 25 heavy (non-hydrogen) atoms. The summed E-state index contributed by atoms with van der Waals surface area (Å²) < 4.78 is 14.4. The highest BCUT2D eigenvalue weighted by atomic mass is 31.2. The lowest BCUT2D eigenvalue weighted by Crippen LogP contribution is -2.26. The first-order valence-corrected chi connectivity index (χ1v) is 10.1. The van der Waals surface area contributed by atoms with Crippen molar-refractivity contribution in [1.82, 2.24) is 0 Å². The molecule has 3 rings (SSSR count). The van der Waals surface area contributed by atoms with E-state index in [1.54, 1.807) is 6.07 Å². The van der Waals surface area contributed by atoms with E-state index in [2.05, 4.69) is 20.8 Å². The minimum absolute atomic E-state index is 0.0732. The molecule has 0 saturated carbocycles. The number of hydrogen-bond donors (Lipinski definition) is 1. The van der Waals surface area contributed by atoms with Crippen LogP contribution in [0, 0.1) is 0 Å². The molecule has 0 aliphatic carbocycles. The Morgan fingerprint density at radius 3 is 1.68 bits per heavy atom. The second-order valence-electron chi connectivity index (χ2n) is 7.23. The van der Waals surface area contributed by atoms with Crippen LogP contribution in [0.2, 0.25) is 0 Å². The minimum Gasteiger partial charge on any atom is -0.507 e. The second kappa shape index (κ2) is 6.54. The lowest BCUT2D eigenvalue weighted by atomic mass is 9.87.